The first-order chi connectivity index (χ1) is 15.0. The molecule has 0 spiro atoms. The minimum atomic E-state index is -0.807. The number of carbonyl (C=O) groups excluding carboxylic acids is 1. The van der Waals surface area contributed by atoms with Crippen molar-refractivity contribution in [3.05, 3.63) is 88.6 Å². The normalized spacial score (nSPS) is 10.6. The summed E-state index contributed by atoms with van der Waals surface area (Å²) < 4.78 is 13.8. The summed E-state index contributed by atoms with van der Waals surface area (Å²) in [5, 5.41) is 12.7. The van der Waals surface area contributed by atoms with Gasteiger partial charge < -0.3 is 0 Å². The lowest BCUT2D eigenvalue weighted by molar-refractivity contribution is -0.387. The number of nitrogens with zero attached hydrogens (tertiary/aromatic N) is 4. The van der Waals surface area contributed by atoms with Gasteiger partial charge >= 0.3 is 5.69 Å². The van der Waals surface area contributed by atoms with Crippen LogP contribution >= 0.6 is 11.8 Å². The quantitative estimate of drug-likeness (QED) is 0.264. The van der Waals surface area contributed by atoms with Gasteiger partial charge in [-0.15, -0.1) is 0 Å². The van der Waals surface area contributed by atoms with E-state index in [4.69, 9.17) is 0 Å². The number of anilines is 1. The Balaban J connectivity index is 1.63. The Morgan fingerprint density at radius 2 is 1.84 bits per heavy atom. The molecule has 2 heterocycles. The first-order valence-electron chi connectivity index (χ1n) is 8.86. The molecular formula is C20H13FN6O3S. The molecule has 1 amide bonds. The van der Waals surface area contributed by atoms with Crippen LogP contribution in [0.5, 0.6) is 0 Å². The number of hydrogen-bond donors (Lipinski definition) is 2. The lowest BCUT2D eigenvalue weighted by Gasteiger charge is -2.10. The van der Waals surface area contributed by atoms with Crippen molar-refractivity contribution in [1.29, 1.82) is 0 Å². The average molecular weight is 436 g/mol. The summed E-state index contributed by atoms with van der Waals surface area (Å²) in [5.74, 6) is -1.77. The molecule has 0 atom stereocenters. The Labute approximate surface area is 178 Å². The van der Waals surface area contributed by atoms with Gasteiger partial charge in [0.1, 0.15) is 12.1 Å². The van der Waals surface area contributed by atoms with Crippen molar-refractivity contribution >= 4 is 40.1 Å². The second kappa shape index (κ2) is 8.71. The van der Waals surface area contributed by atoms with Gasteiger partial charge in [0.2, 0.25) is 5.82 Å². The lowest BCUT2D eigenvalue weighted by atomic mass is 10.2. The van der Waals surface area contributed by atoms with Gasteiger partial charge in [-0.25, -0.2) is 14.4 Å². The standard InChI is InChI=1S/C20H13FN6O3S/c21-14-8-2-1-7-13(14)19(28)26-25-18-17(27(29)30)20(24-11-23-18)31-15-9-3-5-12-6-4-10-22-16(12)15/h1-11H,(H,26,28)(H,23,24,25). The zero-order chi connectivity index (χ0) is 21.8. The van der Waals surface area contributed by atoms with E-state index in [1.807, 2.05) is 18.2 Å². The molecule has 4 aromatic rings. The van der Waals surface area contributed by atoms with E-state index in [-0.39, 0.29) is 16.4 Å². The van der Waals surface area contributed by atoms with Gasteiger partial charge in [-0.3, -0.25) is 30.7 Å². The fraction of sp³-hybridized carbons (Fsp3) is 0. The summed E-state index contributed by atoms with van der Waals surface area (Å²) >= 11 is 1.05. The Kier molecular flexibility index (Phi) is 5.67. The maximum absolute atomic E-state index is 13.8. The van der Waals surface area contributed by atoms with Crippen molar-refractivity contribution in [2.45, 2.75) is 9.92 Å². The second-order valence-corrected chi connectivity index (χ2v) is 7.16. The summed E-state index contributed by atoms with van der Waals surface area (Å²) in [7, 11) is 0. The summed E-state index contributed by atoms with van der Waals surface area (Å²) in [4.78, 5) is 36.2. The number of benzene rings is 2. The highest BCUT2D eigenvalue weighted by Gasteiger charge is 2.25. The molecule has 0 saturated heterocycles. The van der Waals surface area contributed by atoms with Crippen LogP contribution < -0.4 is 10.9 Å². The summed E-state index contributed by atoms with van der Waals surface area (Å²) in [6.07, 6.45) is 2.76. The van der Waals surface area contributed by atoms with E-state index in [1.54, 1.807) is 18.3 Å². The molecule has 0 aliphatic rings. The number of para-hydroxylation sites is 1. The maximum atomic E-state index is 13.8. The molecule has 0 fully saturated rings. The number of aromatic nitrogens is 3. The second-order valence-electron chi connectivity index (χ2n) is 6.13. The highest BCUT2D eigenvalue weighted by molar-refractivity contribution is 7.99. The number of hydrazine groups is 1. The Hall–Kier alpha value is -4.12. The van der Waals surface area contributed by atoms with Crippen LogP contribution in [0.15, 0.2) is 77.0 Å². The zero-order valence-corrected chi connectivity index (χ0v) is 16.5. The largest absolute Gasteiger partial charge is 0.345 e. The lowest BCUT2D eigenvalue weighted by Crippen LogP contribution is -2.31. The van der Waals surface area contributed by atoms with Gasteiger partial charge in [-0.05, 0) is 24.3 Å². The fourth-order valence-corrected chi connectivity index (χ4v) is 3.77. The van der Waals surface area contributed by atoms with Crippen molar-refractivity contribution in [1.82, 2.24) is 20.4 Å². The summed E-state index contributed by atoms with van der Waals surface area (Å²) in [6, 6.07) is 14.5. The van der Waals surface area contributed by atoms with E-state index in [1.165, 1.54) is 18.2 Å². The van der Waals surface area contributed by atoms with Gasteiger partial charge in [0.15, 0.2) is 5.03 Å². The number of hydrogen-bond acceptors (Lipinski definition) is 8. The molecular weight excluding hydrogens is 423 g/mol. The van der Waals surface area contributed by atoms with Crippen LogP contribution in [-0.2, 0) is 0 Å². The third-order valence-corrected chi connectivity index (χ3v) is 5.23. The molecule has 31 heavy (non-hydrogen) atoms. The number of amides is 1. The molecule has 0 aliphatic carbocycles. The van der Waals surface area contributed by atoms with Crippen molar-refractivity contribution in [3.63, 3.8) is 0 Å². The number of nitro groups is 1. The molecule has 0 bridgehead atoms. The zero-order valence-electron chi connectivity index (χ0n) is 15.7. The molecule has 0 saturated carbocycles. The topological polar surface area (TPSA) is 123 Å². The van der Waals surface area contributed by atoms with Crippen molar-refractivity contribution in [2.75, 3.05) is 5.43 Å². The predicted molar refractivity (Wildman–Crippen MR) is 112 cm³/mol. The molecule has 2 aromatic heterocycles. The summed E-state index contributed by atoms with van der Waals surface area (Å²) in [6.45, 7) is 0. The Bertz CT molecular complexity index is 1300. The minimum Gasteiger partial charge on any atom is -0.276 e. The van der Waals surface area contributed by atoms with Crippen LogP contribution in [0.25, 0.3) is 10.9 Å². The first kappa shape index (κ1) is 20.2. The van der Waals surface area contributed by atoms with Crippen LogP contribution in [0.2, 0.25) is 0 Å². The Morgan fingerprint density at radius 1 is 1.03 bits per heavy atom. The molecule has 4 rings (SSSR count). The van der Waals surface area contributed by atoms with Crippen LogP contribution in [-0.4, -0.2) is 25.8 Å². The minimum absolute atomic E-state index is 0.0563. The number of pyridine rings is 1. The van der Waals surface area contributed by atoms with Crippen LogP contribution in [0.1, 0.15) is 10.4 Å². The SMILES string of the molecule is O=C(NNc1ncnc(Sc2cccc3cccnc23)c1[N+](=O)[O-])c1ccccc1F. The predicted octanol–water partition coefficient (Wildman–Crippen LogP) is 3.98. The van der Waals surface area contributed by atoms with Gasteiger partial charge in [0, 0.05) is 16.5 Å². The molecule has 0 radical (unpaired) electrons. The molecule has 11 heteroatoms. The van der Waals surface area contributed by atoms with Crippen molar-refractivity contribution < 1.29 is 14.1 Å². The van der Waals surface area contributed by atoms with Gasteiger partial charge in [0.25, 0.3) is 5.91 Å². The first-order valence-corrected chi connectivity index (χ1v) is 9.68. The molecule has 154 valence electrons. The van der Waals surface area contributed by atoms with E-state index in [9.17, 15) is 19.3 Å². The number of carbonyl (C=O) groups is 1. The average Bonchev–Trinajstić information content (AvgIpc) is 2.78. The van der Waals surface area contributed by atoms with Crippen LogP contribution in [0, 0.1) is 15.9 Å². The highest BCUT2D eigenvalue weighted by Crippen LogP contribution is 2.38. The summed E-state index contributed by atoms with van der Waals surface area (Å²) in [5.41, 5.74) is 4.64. The van der Waals surface area contributed by atoms with Gasteiger partial charge in [-0.1, -0.05) is 42.1 Å². The highest BCUT2D eigenvalue weighted by atomic mass is 32.2. The van der Waals surface area contributed by atoms with Crippen molar-refractivity contribution in [2.24, 2.45) is 0 Å². The van der Waals surface area contributed by atoms with Gasteiger partial charge in [-0.2, -0.15) is 0 Å². The maximum Gasteiger partial charge on any atom is 0.345 e. The molecule has 9 nitrogen and oxygen atoms in total. The molecule has 2 N–H and O–H groups in total. The van der Waals surface area contributed by atoms with E-state index < -0.39 is 22.3 Å². The van der Waals surface area contributed by atoms with Crippen LogP contribution in [0.4, 0.5) is 15.9 Å². The van der Waals surface area contributed by atoms with Crippen molar-refractivity contribution in [3.8, 4) is 0 Å². The molecule has 0 aliphatic heterocycles. The van der Waals surface area contributed by atoms with Gasteiger partial charge in [0.05, 0.1) is 16.0 Å². The third kappa shape index (κ3) is 4.26. The van der Waals surface area contributed by atoms with E-state index in [2.05, 4.69) is 25.8 Å². The third-order valence-electron chi connectivity index (χ3n) is 4.19. The monoisotopic (exact) mass is 436 g/mol. The number of nitrogens with one attached hydrogen (secondary N) is 2. The number of rotatable bonds is 6. The molecule has 2 aromatic carbocycles. The van der Waals surface area contributed by atoms with E-state index in [0.717, 1.165) is 29.5 Å². The Morgan fingerprint density at radius 3 is 2.65 bits per heavy atom. The fourth-order valence-electron chi connectivity index (χ4n) is 2.78. The smallest absolute Gasteiger partial charge is 0.276 e. The number of halogens is 1. The molecule has 0 unspecified atom stereocenters. The number of fused-ring (bicyclic) bond motifs is 1. The van der Waals surface area contributed by atoms with E-state index in [0.29, 0.717) is 10.4 Å². The van der Waals surface area contributed by atoms with E-state index >= 15 is 0 Å². The van der Waals surface area contributed by atoms with Crippen LogP contribution in [0.3, 0.4) is 0 Å².